The second kappa shape index (κ2) is 8.63. The lowest BCUT2D eigenvalue weighted by Crippen LogP contribution is -2.14. The molecule has 4 aromatic rings. The number of imidazole rings is 1. The molecule has 1 aromatic heterocycles. The van der Waals surface area contributed by atoms with E-state index in [4.69, 9.17) is 14.9 Å². The van der Waals surface area contributed by atoms with Crippen LogP contribution in [0.3, 0.4) is 0 Å². The van der Waals surface area contributed by atoms with E-state index in [-0.39, 0.29) is 0 Å². The number of carbonyl (C=O) groups excluding carboxylic acids is 1. The maximum atomic E-state index is 11.3. The molecule has 0 fully saturated rings. The third-order valence-corrected chi connectivity index (χ3v) is 4.65. The van der Waals surface area contributed by atoms with Gasteiger partial charge in [-0.25, -0.2) is 10.5 Å². The molecule has 0 aliphatic heterocycles. The number of ether oxygens (including phenoxy) is 1. The number of para-hydroxylation sites is 2. The molecule has 1 heterocycles. The molecular formula is C24H21N3O3. The summed E-state index contributed by atoms with van der Waals surface area (Å²) in [5.41, 5.74) is 6.18. The zero-order valence-corrected chi connectivity index (χ0v) is 16.4. The van der Waals surface area contributed by atoms with Crippen molar-refractivity contribution in [3.63, 3.8) is 0 Å². The molecule has 0 spiro atoms. The predicted molar refractivity (Wildman–Crippen MR) is 117 cm³/mol. The van der Waals surface area contributed by atoms with Crippen LogP contribution < -0.4 is 10.2 Å². The monoisotopic (exact) mass is 399 g/mol. The van der Waals surface area contributed by atoms with Crippen molar-refractivity contribution in [1.82, 2.24) is 15.0 Å². The summed E-state index contributed by atoms with van der Waals surface area (Å²) in [7, 11) is 0. The van der Waals surface area contributed by atoms with Crippen LogP contribution in [-0.4, -0.2) is 27.3 Å². The number of nitrogens with one attached hydrogen (secondary N) is 1. The van der Waals surface area contributed by atoms with Gasteiger partial charge in [0.2, 0.25) is 0 Å². The Kier molecular flexibility index (Phi) is 5.59. The molecule has 6 heteroatoms. The third kappa shape index (κ3) is 3.94. The average Bonchev–Trinajstić information content (AvgIpc) is 3.18. The van der Waals surface area contributed by atoms with E-state index in [1.165, 1.54) is 6.08 Å². The predicted octanol–water partition coefficient (Wildman–Crippen LogP) is 4.61. The highest BCUT2D eigenvalue weighted by molar-refractivity contribution is 5.91. The van der Waals surface area contributed by atoms with Gasteiger partial charge in [-0.15, -0.1) is 0 Å². The largest absolute Gasteiger partial charge is 0.494 e. The highest BCUT2D eigenvalue weighted by atomic mass is 16.5. The van der Waals surface area contributed by atoms with Gasteiger partial charge >= 0.3 is 0 Å². The lowest BCUT2D eigenvalue weighted by atomic mass is 10.1. The van der Waals surface area contributed by atoms with Crippen molar-refractivity contribution in [3.8, 4) is 22.8 Å². The Morgan fingerprint density at radius 3 is 2.67 bits per heavy atom. The SMILES string of the molecule is CCOc1ccc(-n2c(-c3cccc(/C=C/C(=O)NO)c3)nc3ccccc32)cc1. The molecule has 0 atom stereocenters. The molecule has 3 aromatic carbocycles. The van der Waals surface area contributed by atoms with Crippen molar-refractivity contribution in [2.75, 3.05) is 6.61 Å². The number of benzene rings is 3. The summed E-state index contributed by atoms with van der Waals surface area (Å²) in [4.78, 5) is 16.2. The topological polar surface area (TPSA) is 76.4 Å². The summed E-state index contributed by atoms with van der Waals surface area (Å²) in [6, 6.07) is 23.6. The first-order valence-corrected chi connectivity index (χ1v) is 9.63. The van der Waals surface area contributed by atoms with Gasteiger partial charge in [0.15, 0.2) is 0 Å². The molecule has 0 saturated heterocycles. The van der Waals surface area contributed by atoms with Crippen LogP contribution in [0.15, 0.2) is 78.9 Å². The van der Waals surface area contributed by atoms with Gasteiger partial charge in [0, 0.05) is 17.3 Å². The third-order valence-electron chi connectivity index (χ3n) is 4.65. The molecule has 0 unspecified atom stereocenters. The highest BCUT2D eigenvalue weighted by Gasteiger charge is 2.14. The first-order chi connectivity index (χ1) is 14.7. The summed E-state index contributed by atoms with van der Waals surface area (Å²) in [6.07, 6.45) is 2.91. The molecule has 0 aliphatic rings. The zero-order valence-electron chi connectivity index (χ0n) is 16.4. The fourth-order valence-corrected chi connectivity index (χ4v) is 3.33. The van der Waals surface area contributed by atoms with Crippen LogP contribution in [0, 0.1) is 0 Å². The van der Waals surface area contributed by atoms with Crippen LogP contribution in [0.2, 0.25) is 0 Å². The van der Waals surface area contributed by atoms with Crippen molar-refractivity contribution in [2.45, 2.75) is 6.92 Å². The van der Waals surface area contributed by atoms with Gasteiger partial charge in [-0.1, -0.05) is 30.3 Å². The highest BCUT2D eigenvalue weighted by Crippen LogP contribution is 2.30. The van der Waals surface area contributed by atoms with Crippen LogP contribution >= 0.6 is 0 Å². The van der Waals surface area contributed by atoms with E-state index < -0.39 is 5.91 Å². The van der Waals surface area contributed by atoms with Gasteiger partial charge in [0.05, 0.1) is 17.6 Å². The molecule has 0 saturated carbocycles. The van der Waals surface area contributed by atoms with Crippen molar-refractivity contribution < 1.29 is 14.7 Å². The Hall–Kier alpha value is -3.90. The van der Waals surface area contributed by atoms with Crippen LogP contribution in [0.5, 0.6) is 5.75 Å². The Labute approximate surface area is 174 Å². The molecule has 0 radical (unpaired) electrons. The van der Waals surface area contributed by atoms with Crippen LogP contribution in [0.25, 0.3) is 34.2 Å². The number of hydrogen-bond donors (Lipinski definition) is 2. The maximum absolute atomic E-state index is 11.3. The van der Waals surface area contributed by atoms with E-state index in [1.54, 1.807) is 11.6 Å². The van der Waals surface area contributed by atoms with E-state index in [2.05, 4.69) is 4.57 Å². The van der Waals surface area contributed by atoms with Crippen molar-refractivity contribution in [2.24, 2.45) is 0 Å². The van der Waals surface area contributed by atoms with Crippen LogP contribution in [0.4, 0.5) is 0 Å². The molecule has 0 aliphatic carbocycles. The summed E-state index contributed by atoms with van der Waals surface area (Å²) in [6.45, 7) is 2.58. The fourth-order valence-electron chi connectivity index (χ4n) is 3.33. The zero-order chi connectivity index (χ0) is 20.9. The lowest BCUT2D eigenvalue weighted by molar-refractivity contribution is -0.124. The summed E-state index contributed by atoms with van der Waals surface area (Å²) >= 11 is 0. The van der Waals surface area contributed by atoms with E-state index >= 15 is 0 Å². The van der Waals surface area contributed by atoms with Gasteiger partial charge in [-0.05, 0) is 61.0 Å². The lowest BCUT2D eigenvalue weighted by Gasteiger charge is -2.11. The van der Waals surface area contributed by atoms with Crippen LogP contribution in [-0.2, 0) is 4.79 Å². The number of carbonyl (C=O) groups is 1. The van der Waals surface area contributed by atoms with Crippen molar-refractivity contribution in [1.29, 1.82) is 0 Å². The van der Waals surface area contributed by atoms with E-state index in [1.807, 2.05) is 79.7 Å². The molecular weight excluding hydrogens is 378 g/mol. The number of fused-ring (bicyclic) bond motifs is 1. The fraction of sp³-hybridized carbons (Fsp3) is 0.0833. The number of hydroxylamine groups is 1. The number of rotatable bonds is 6. The minimum Gasteiger partial charge on any atom is -0.494 e. The van der Waals surface area contributed by atoms with Crippen LogP contribution in [0.1, 0.15) is 12.5 Å². The summed E-state index contributed by atoms with van der Waals surface area (Å²) < 4.78 is 7.67. The Morgan fingerprint density at radius 1 is 1.10 bits per heavy atom. The van der Waals surface area contributed by atoms with E-state index in [0.29, 0.717) is 6.61 Å². The average molecular weight is 399 g/mol. The van der Waals surface area contributed by atoms with Crippen molar-refractivity contribution >= 4 is 23.0 Å². The molecule has 6 nitrogen and oxygen atoms in total. The van der Waals surface area contributed by atoms with Gasteiger partial charge in [0.1, 0.15) is 11.6 Å². The van der Waals surface area contributed by atoms with Gasteiger partial charge < -0.3 is 4.74 Å². The summed E-state index contributed by atoms with van der Waals surface area (Å²) in [5, 5.41) is 8.67. The first-order valence-electron chi connectivity index (χ1n) is 9.63. The van der Waals surface area contributed by atoms with E-state index in [9.17, 15) is 4.79 Å². The normalized spacial score (nSPS) is 11.1. The van der Waals surface area contributed by atoms with Gasteiger partial charge in [-0.3, -0.25) is 14.6 Å². The Bertz CT molecular complexity index is 1210. The molecule has 0 bridgehead atoms. The minimum atomic E-state index is -0.581. The van der Waals surface area contributed by atoms with Gasteiger partial charge in [0.25, 0.3) is 5.91 Å². The second-order valence-corrected chi connectivity index (χ2v) is 6.62. The number of nitrogens with zero attached hydrogens (tertiary/aromatic N) is 2. The molecule has 4 rings (SSSR count). The number of hydrogen-bond acceptors (Lipinski definition) is 4. The second-order valence-electron chi connectivity index (χ2n) is 6.62. The molecule has 1 amide bonds. The molecule has 30 heavy (non-hydrogen) atoms. The molecule has 2 N–H and O–H groups in total. The molecule has 150 valence electrons. The maximum Gasteiger partial charge on any atom is 0.267 e. The minimum absolute atomic E-state index is 0.581. The quantitative estimate of drug-likeness (QED) is 0.282. The summed E-state index contributed by atoms with van der Waals surface area (Å²) in [5.74, 6) is 1.03. The first kappa shape index (κ1) is 19.4. The van der Waals surface area contributed by atoms with Crippen molar-refractivity contribution in [3.05, 3.63) is 84.4 Å². The number of aromatic nitrogens is 2. The van der Waals surface area contributed by atoms with Gasteiger partial charge in [-0.2, -0.15) is 0 Å². The standard InChI is InChI=1S/C24H21N3O3/c1-2-30-20-13-11-19(12-14-20)27-22-9-4-3-8-21(22)25-24(27)18-7-5-6-17(16-18)10-15-23(28)26-29/h3-16,29H,2H2,1H3,(H,26,28)/b15-10+. The Morgan fingerprint density at radius 2 is 1.90 bits per heavy atom. The Balaban J connectivity index is 1.83. The van der Waals surface area contributed by atoms with E-state index in [0.717, 1.165) is 39.4 Å². The number of amides is 1. The smallest absolute Gasteiger partial charge is 0.267 e.